The highest BCUT2D eigenvalue weighted by Gasteiger charge is 2.40. The molecule has 0 saturated carbocycles. The number of ether oxygens (including phenoxy) is 2. The molecular weight excluding hydrogens is 473 g/mol. The summed E-state index contributed by atoms with van der Waals surface area (Å²) >= 11 is 5.79. The van der Waals surface area contributed by atoms with Gasteiger partial charge in [0.1, 0.15) is 17.1 Å². The molecule has 9 heteroatoms. The van der Waals surface area contributed by atoms with E-state index in [0.29, 0.717) is 5.02 Å². The van der Waals surface area contributed by atoms with Crippen LogP contribution in [0.15, 0.2) is 75.9 Å². The summed E-state index contributed by atoms with van der Waals surface area (Å²) in [7, 11) is 0. The molecule has 0 unspecified atom stereocenters. The van der Waals surface area contributed by atoms with E-state index in [1.807, 2.05) is 6.92 Å². The number of alkyl halides is 3. The van der Waals surface area contributed by atoms with E-state index in [9.17, 15) is 22.8 Å². The third-order valence-electron chi connectivity index (χ3n) is 4.92. The predicted molar refractivity (Wildman–Crippen MR) is 120 cm³/mol. The first kappa shape index (κ1) is 23.4. The van der Waals surface area contributed by atoms with Crippen molar-refractivity contribution in [3.05, 3.63) is 98.9 Å². The number of fused-ring (bicyclic) bond motifs is 1. The number of hydrogen-bond donors (Lipinski definition) is 0. The maximum Gasteiger partial charge on any atom is 0.453 e. The second-order valence-electron chi connectivity index (χ2n) is 7.24. The number of halogens is 4. The van der Waals surface area contributed by atoms with Crippen LogP contribution in [-0.4, -0.2) is 5.97 Å². The second kappa shape index (κ2) is 9.23. The fourth-order valence-corrected chi connectivity index (χ4v) is 3.29. The summed E-state index contributed by atoms with van der Waals surface area (Å²) in [6.45, 7) is 1.93. The summed E-state index contributed by atoms with van der Waals surface area (Å²) in [6.07, 6.45) is -4.28. The van der Waals surface area contributed by atoms with Gasteiger partial charge in [-0.05, 0) is 60.5 Å². The highest BCUT2D eigenvalue weighted by atomic mass is 35.5. The molecule has 0 saturated heterocycles. The van der Waals surface area contributed by atoms with Crippen molar-refractivity contribution in [1.82, 2.24) is 0 Å². The minimum atomic E-state index is -5.01. The standard InChI is InChI=1S/C25H16ClF3O5/c1-2-14-3-9-17(10-4-14)32-22-21(30)19-12-11-18(13-20(19)34-23(22)25(27,28)29)33-24(31)15-5-7-16(26)8-6-15/h3-13H,2H2,1H3. The molecule has 3 aromatic carbocycles. The summed E-state index contributed by atoms with van der Waals surface area (Å²) in [4.78, 5) is 25.2. The van der Waals surface area contributed by atoms with Crippen molar-refractivity contribution in [1.29, 1.82) is 0 Å². The third kappa shape index (κ3) is 4.92. The first-order chi connectivity index (χ1) is 16.2. The molecule has 0 radical (unpaired) electrons. The Bertz CT molecular complexity index is 1410. The van der Waals surface area contributed by atoms with E-state index >= 15 is 0 Å². The van der Waals surface area contributed by atoms with Crippen LogP contribution in [0.2, 0.25) is 5.02 Å². The van der Waals surface area contributed by atoms with Gasteiger partial charge in [0.2, 0.25) is 11.2 Å². The molecule has 0 aliphatic heterocycles. The van der Waals surface area contributed by atoms with E-state index in [0.717, 1.165) is 18.1 Å². The SMILES string of the molecule is CCc1ccc(Oc2c(C(F)(F)F)oc3cc(OC(=O)c4ccc(Cl)cc4)ccc3c2=O)cc1. The number of carbonyl (C=O) groups excluding carboxylic acids is 1. The fraction of sp³-hybridized carbons (Fsp3) is 0.120. The molecule has 0 atom stereocenters. The number of hydrogen-bond acceptors (Lipinski definition) is 5. The smallest absolute Gasteiger partial charge is 0.449 e. The van der Waals surface area contributed by atoms with Gasteiger partial charge in [0, 0.05) is 11.1 Å². The zero-order valence-corrected chi connectivity index (χ0v) is 18.4. The van der Waals surface area contributed by atoms with Crippen LogP contribution < -0.4 is 14.9 Å². The summed E-state index contributed by atoms with van der Waals surface area (Å²) in [5, 5.41) is 0.252. The largest absolute Gasteiger partial charge is 0.453 e. The third-order valence-corrected chi connectivity index (χ3v) is 5.17. The van der Waals surface area contributed by atoms with E-state index in [2.05, 4.69) is 0 Å². The lowest BCUT2D eigenvalue weighted by atomic mass is 10.1. The van der Waals surface area contributed by atoms with E-state index in [-0.39, 0.29) is 22.4 Å². The van der Waals surface area contributed by atoms with Crippen molar-refractivity contribution in [3.8, 4) is 17.2 Å². The minimum Gasteiger partial charge on any atom is -0.449 e. The van der Waals surface area contributed by atoms with Gasteiger partial charge in [-0.15, -0.1) is 0 Å². The zero-order chi connectivity index (χ0) is 24.5. The Morgan fingerprint density at radius 2 is 1.62 bits per heavy atom. The maximum absolute atomic E-state index is 13.7. The Morgan fingerprint density at radius 3 is 2.24 bits per heavy atom. The van der Waals surface area contributed by atoms with Gasteiger partial charge < -0.3 is 13.9 Å². The lowest BCUT2D eigenvalue weighted by molar-refractivity contribution is -0.154. The molecule has 0 amide bonds. The number of esters is 1. The Kier molecular flexibility index (Phi) is 6.34. The van der Waals surface area contributed by atoms with E-state index < -0.39 is 34.7 Å². The van der Waals surface area contributed by atoms with Gasteiger partial charge in [0.25, 0.3) is 5.76 Å². The number of benzene rings is 3. The van der Waals surface area contributed by atoms with Crippen molar-refractivity contribution in [3.63, 3.8) is 0 Å². The Labute approximate surface area is 196 Å². The van der Waals surface area contributed by atoms with Gasteiger partial charge in [-0.1, -0.05) is 30.7 Å². The molecule has 1 aromatic heterocycles. The molecule has 5 nitrogen and oxygen atoms in total. The van der Waals surface area contributed by atoms with E-state index in [1.165, 1.54) is 48.5 Å². The van der Waals surface area contributed by atoms with Crippen molar-refractivity contribution < 1.29 is 31.9 Å². The first-order valence-electron chi connectivity index (χ1n) is 10.1. The van der Waals surface area contributed by atoms with Gasteiger partial charge in [-0.2, -0.15) is 13.2 Å². The van der Waals surface area contributed by atoms with E-state index in [1.54, 1.807) is 12.1 Å². The average Bonchev–Trinajstić information content (AvgIpc) is 2.81. The molecule has 1 heterocycles. The molecule has 4 rings (SSSR count). The molecule has 0 aliphatic rings. The highest BCUT2D eigenvalue weighted by Crippen LogP contribution is 2.38. The topological polar surface area (TPSA) is 65.7 Å². The zero-order valence-electron chi connectivity index (χ0n) is 17.6. The minimum absolute atomic E-state index is 0.0582. The van der Waals surface area contributed by atoms with Crippen molar-refractivity contribution in [2.75, 3.05) is 0 Å². The van der Waals surface area contributed by atoms with E-state index in [4.69, 9.17) is 25.5 Å². The fourth-order valence-electron chi connectivity index (χ4n) is 3.16. The van der Waals surface area contributed by atoms with Gasteiger partial charge in [0.15, 0.2) is 0 Å². The van der Waals surface area contributed by atoms with Crippen LogP contribution in [0.1, 0.15) is 28.6 Å². The van der Waals surface area contributed by atoms with Crippen LogP contribution in [0.4, 0.5) is 13.2 Å². The van der Waals surface area contributed by atoms with Crippen LogP contribution in [0.25, 0.3) is 11.0 Å². The molecule has 0 N–H and O–H groups in total. The van der Waals surface area contributed by atoms with Gasteiger partial charge in [0.05, 0.1) is 10.9 Å². The molecule has 4 aromatic rings. The quantitative estimate of drug-likeness (QED) is 0.223. The van der Waals surface area contributed by atoms with Gasteiger partial charge in [-0.25, -0.2) is 4.79 Å². The van der Waals surface area contributed by atoms with Crippen molar-refractivity contribution in [2.45, 2.75) is 19.5 Å². The van der Waals surface area contributed by atoms with Crippen LogP contribution in [0.5, 0.6) is 17.2 Å². The predicted octanol–water partition coefficient (Wildman–Crippen LogP) is 7.04. The normalized spacial score (nSPS) is 11.4. The lowest BCUT2D eigenvalue weighted by Crippen LogP contribution is -2.15. The molecule has 174 valence electrons. The van der Waals surface area contributed by atoms with Gasteiger partial charge >= 0.3 is 12.1 Å². The van der Waals surface area contributed by atoms with Crippen LogP contribution in [0.3, 0.4) is 0 Å². The lowest BCUT2D eigenvalue weighted by Gasteiger charge is -2.14. The summed E-state index contributed by atoms with van der Waals surface area (Å²) in [6, 6.07) is 15.7. The Hall–Kier alpha value is -3.78. The van der Waals surface area contributed by atoms with Gasteiger partial charge in [-0.3, -0.25) is 4.79 Å². The average molecular weight is 489 g/mol. The summed E-state index contributed by atoms with van der Waals surface area (Å²) in [5.74, 6) is -3.37. The number of aryl methyl sites for hydroxylation is 1. The Morgan fingerprint density at radius 1 is 0.971 bits per heavy atom. The molecule has 34 heavy (non-hydrogen) atoms. The second-order valence-corrected chi connectivity index (χ2v) is 7.68. The molecule has 0 fully saturated rings. The summed E-state index contributed by atoms with van der Waals surface area (Å²) in [5.41, 5.74) is -0.287. The highest BCUT2D eigenvalue weighted by molar-refractivity contribution is 6.30. The van der Waals surface area contributed by atoms with Crippen molar-refractivity contribution >= 4 is 28.5 Å². The van der Waals surface area contributed by atoms with Crippen LogP contribution >= 0.6 is 11.6 Å². The molecule has 0 aliphatic carbocycles. The molecule has 0 spiro atoms. The molecule has 0 bridgehead atoms. The van der Waals surface area contributed by atoms with Crippen LogP contribution in [-0.2, 0) is 12.6 Å². The maximum atomic E-state index is 13.7. The number of rotatable bonds is 5. The Balaban J connectivity index is 1.73. The number of carbonyl (C=O) groups is 1. The molecular formula is C25H16ClF3O5. The van der Waals surface area contributed by atoms with Crippen LogP contribution in [0, 0.1) is 0 Å². The summed E-state index contributed by atoms with van der Waals surface area (Å²) < 4.78 is 56.8. The monoisotopic (exact) mass is 488 g/mol. The van der Waals surface area contributed by atoms with Crippen molar-refractivity contribution in [2.24, 2.45) is 0 Å². The first-order valence-corrected chi connectivity index (χ1v) is 10.5.